The third-order valence-electron chi connectivity index (χ3n) is 3.77. The maximum Gasteiger partial charge on any atom is 0.226 e. The number of hydrogen-bond acceptors (Lipinski definition) is 3. The number of nitrogens with zero attached hydrogens (tertiary/aromatic N) is 1. The quantitative estimate of drug-likeness (QED) is 0.772. The number of carbonyl (C=O) groups excluding carboxylic acids is 1. The smallest absolute Gasteiger partial charge is 0.226 e. The standard InChI is InChI=1S/C13H26N2O2/c1-9(2)15(6-7-16)13(17)12-5-4-11(14)8-10(12)3/h9-12,16H,4-8,14H2,1-3H3. The Morgan fingerprint density at radius 3 is 2.59 bits per heavy atom. The summed E-state index contributed by atoms with van der Waals surface area (Å²) < 4.78 is 0. The molecule has 1 aliphatic rings. The van der Waals surface area contributed by atoms with Gasteiger partial charge in [0.1, 0.15) is 0 Å². The molecule has 1 amide bonds. The molecule has 1 fully saturated rings. The lowest BCUT2D eigenvalue weighted by Gasteiger charge is -2.36. The molecule has 1 aliphatic carbocycles. The molecule has 1 saturated carbocycles. The van der Waals surface area contributed by atoms with Gasteiger partial charge in [0.05, 0.1) is 6.61 Å². The van der Waals surface area contributed by atoms with Crippen LogP contribution in [0.2, 0.25) is 0 Å². The van der Waals surface area contributed by atoms with Gasteiger partial charge in [-0.2, -0.15) is 0 Å². The van der Waals surface area contributed by atoms with Gasteiger partial charge >= 0.3 is 0 Å². The lowest BCUT2D eigenvalue weighted by atomic mass is 9.77. The number of amides is 1. The molecule has 100 valence electrons. The molecule has 0 radical (unpaired) electrons. The highest BCUT2D eigenvalue weighted by atomic mass is 16.3. The molecule has 0 aromatic rings. The van der Waals surface area contributed by atoms with Gasteiger partial charge in [0, 0.05) is 24.5 Å². The fourth-order valence-electron chi connectivity index (χ4n) is 2.75. The molecule has 3 atom stereocenters. The van der Waals surface area contributed by atoms with Crippen LogP contribution in [0, 0.1) is 11.8 Å². The van der Waals surface area contributed by atoms with Gasteiger partial charge in [-0.05, 0) is 39.0 Å². The molecule has 0 saturated heterocycles. The summed E-state index contributed by atoms with van der Waals surface area (Å²) in [6, 6.07) is 0.400. The number of nitrogens with two attached hydrogens (primary N) is 1. The summed E-state index contributed by atoms with van der Waals surface area (Å²) in [7, 11) is 0. The van der Waals surface area contributed by atoms with Crippen LogP contribution in [0.4, 0.5) is 0 Å². The third kappa shape index (κ3) is 3.68. The minimum absolute atomic E-state index is 0.0323. The van der Waals surface area contributed by atoms with Crippen LogP contribution in [0.1, 0.15) is 40.0 Å². The van der Waals surface area contributed by atoms with Crippen molar-refractivity contribution in [3.05, 3.63) is 0 Å². The second-order valence-corrected chi connectivity index (χ2v) is 5.51. The summed E-state index contributed by atoms with van der Waals surface area (Å²) in [6.45, 7) is 6.56. The molecule has 0 bridgehead atoms. The van der Waals surface area contributed by atoms with E-state index in [4.69, 9.17) is 10.8 Å². The van der Waals surface area contributed by atoms with Crippen molar-refractivity contribution in [1.82, 2.24) is 4.90 Å². The first-order chi connectivity index (χ1) is 7.97. The predicted octanol–water partition coefficient (Wildman–Crippen LogP) is 0.979. The molecule has 3 unspecified atom stereocenters. The number of hydrogen-bond donors (Lipinski definition) is 2. The van der Waals surface area contributed by atoms with Gasteiger partial charge in [-0.25, -0.2) is 0 Å². The largest absolute Gasteiger partial charge is 0.395 e. The van der Waals surface area contributed by atoms with Gasteiger partial charge in [0.2, 0.25) is 5.91 Å². The average molecular weight is 242 g/mol. The molecule has 0 spiro atoms. The zero-order chi connectivity index (χ0) is 13.0. The summed E-state index contributed by atoms with van der Waals surface area (Å²) in [5.74, 6) is 0.628. The van der Waals surface area contributed by atoms with E-state index < -0.39 is 0 Å². The molecule has 3 N–H and O–H groups in total. The molecule has 0 aromatic carbocycles. The summed E-state index contributed by atoms with van der Waals surface area (Å²) in [6.07, 6.45) is 2.75. The molecule has 4 nitrogen and oxygen atoms in total. The van der Waals surface area contributed by atoms with Crippen molar-refractivity contribution in [3.63, 3.8) is 0 Å². The summed E-state index contributed by atoms with van der Waals surface area (Å²) in [5.41, 5.74) is 5.92. The van der Waals surface area contributed by atoms with E-state index in [0.29, 0.717) is 12.5 Å². The Balaban J connectivity index is 2.66. The Morgan fingerprint density at radius 2 is 2.12 bits per heavy atom. The van der Waals surface area contributed by atoms with Crippen LogP contribution in [-0.4, -0.2) is 41.1 Å². The molecule has 0 aliphatic heterocycles. The molecule has 0 aromatic heterocycles. The number of aliphatic hydroxyl groups excluding tert-OH is 1. The van der Waals surface area contributed by atoms with Gasteiger partial charge in [0.15, 0.2) is 0 Å². The Hall–Kier alpha value is -0.610. The lowest BCUT2D eigenvalue weighted by molar-refractivity contribution is -0.140. The highest BCUT2D eigenvalue weighted by Crippen LogP contribution is 2.30. The monoisotopic (exact) mass is 242 g/mol. The van der Waals surface area contributed by atoms with Crippen molar-refractivity contribution >= 4 is 5.91 Å². The van der Waals surface area contributed by atoms with Crippen molar-refractivity contribution in [1.29, 1.82) is 0 Å². The second kappa shape index (κ2) is 6.36. The molecule has 17 heavy (non-hydrogen) atoms. The fourth-order valence-corrected chi connectivity index (χ4v) is 2.75. The van der Waals surface area contributed by atoms with Gasteiger partial charge in [-0.15, -0.1) is 0 Å². The molecule has 0 heterocycles. The maximum atomic E-state index is 12.4. The summed E-state index contributed by atoms with van der Waals surface area (Å²) in [5, 5.41) is 9.03. The van der Waals surface area contributed by atoms with Crippen LogP contribution in [-0.2, 0) is 4.79 Å². The Labute approximate surface area is 104 Å². The Kier molecular flexibility index (Phi) is 5.40. The number of rotatable bonds is 4. The topological polar surface area (TPSA) is 66.6 Å². The molecular formula is C13H26N2O2. The van der Waals surface area contributed by atoms with Gasteiger partial charge in [-0.3, -0.25) is 4.79 Å². The minimum atomic E-state index is 0.0323. The molecule has 1 rings (SSSR count). The summed E-state index contributed by atoms with van der Waals surface area (Å²) >= 11 is 0. The Morgan fingerprint density at radius 1 is 1.47 bits per heavy atom. The second-order valence-electron chi connectivity index (χ2n) is 5.51. The van der Waals surface area contributed by atoms with E-state index in [-0.39, 0.29) is 30.5 Å². The van der Waals surface area contributed by atoms with Crippen molar-refractivity contribution in [2.75, 3.05) is 13.2 Å². The van der Waals surface area contributed by atoms with E-state index in [1.807, 2.05) is 13.8 Å². The van der Waals surface area contributed by atoms with Gasteiger partial charge in [-0.1, -0.05) is 6.92 Å². The predicted molar refractivity (Wildman–Crippen MR) is 68.4 cm³/mol. The van der Waals surface area contributed by atoms with E-state index in [2.05, 4.69) is 6.92 Å². The Bertz CT molecular complexity index is 256. The zero-order valence-electron chi connectivity index (χ0n) is 11.2. The number of aliphatic hydroxyl groups is 1. The van der Waals surface area contributed by atoms with Crippen molar-refractivity contribution in [2.24, 2.45) is 17.6 Å². The fraction of sp³-hybridized carbons (Fsp3) is 0.923. The first-order valence-electron chi connectivity index (χ1n) is 6.64. The van der Waals surface area contributed by atoms with Gasteiger partial charge < -0.3 is 15.7 Å². The lowest BCUT2D eigenvalue weighted by Crippen LogP contribution is -2.46. The molecule has 4 heteroatoms. The van der Waals surface area contributed by atoms with Crippen molar-refractivity contribution in [2.45, 2.75) is 52.1 Å². The van der Waals surface area contributed by atoms with Crippen LogP contribution >= 0.6 is 0 Å². The average Bonchev–Trinajstić information content (AvgIpc) is 2.24. The van der Waals surface area contributed by atoms with E-state index in [1.165, 1.54) is 0 Å². The van der Waals surface area contributed by atoms with E-state index in [0.717, 1.165) is 19.3 Å². The van der Waals surface area contributed by atoms with E-state index >= 15 is 0 Å². The SMILES string of the molecule is CC1CC(N)CCC1C(=O)N(CCO)C(C)C. The van der Waals surface area contributed by atoms with Crippen molar-refractivity contribution in [3.8, 4) is 0 Å². The highest BCUT2D eigenvalue weighted by Gasteiger charge is 2.34. The van der Waals surface area contributed by atoms with E-state index in [9.17, 15) is 4.79 Å². The van der Waals surface area contributed by atoms with Crippen LogP contribution in [0.5, 0.6) is 0 Å². The van der Waals surface area contributed by atoms with Crippen LogP contribution in [0.15, 0.2) is 0 Å². The van der Waals surface area contributed by atoms with Crippen molar-refractivity contribution < 1.29 is 9.90 Å². The minimum Gasteiger partial charge on any atom is -0.395 e. The highest BCUT2D eigenvalue weighted by molar-refractivity contribution is 5.79. The third-order valence-corrected chi connectivity index (χ3v) is 3.77. The zero-order valence-corrected chi connectivity index (χ0v) is 11.2. The van der Waals surface area contributed by atoms with Gasteiger partial charge in [0.25, 0.3) is 0 Å². The first kappa shape index (κ1) is 14.5. The maximum absolute atomic E-state index is 12.4. The van der Waals surface area contributed by atoms with Crippen LogP contribution < -0.4 is 5.73 Å². The first-order valence-corrected chi connectivity index (χ1v) is 6.64. The summed E-state index contributed by atoms with van der Waals surface area (Å²) in [4.78, 5) is 14.2. The van der Waals surface area contributed by atoms with Crippen LogP contribution in [0.25, 0.3) is 0 Å². The normalized spacial score (nSPS) is 29.4. The number of carbonyl (C=O) groups is 1. The van der Waals surface area contributed by atoms with Crippen LogP contribution in [0.3, 0.4) is 0 Å². The molecular weight excluding hydrogens is 216 g/mol. The van der Waals surface area contributed by atoms with E-state index in [1.54, 1.807) is 4.90 Å².